The first-order valence-electron chi connectivity index (χ1n) is 10.7. The minimum absolute atomic E-state index is 0.0228. The Bertz CT molecular complexity index is 773. The molecule has 0 aliphatic heterocycles. The third-order valence-corrected chi connectivity index (χ3v) is 5.29. The molecule has 4 heteroatoms. The normalized spacial score (nSPS) is 11.7. The summed E-state index contributed by atoms with van der Waals surface area (Å²) in [6.45, 7) is 7.23. The Morgan fingerprint density at radius 1 is 1.00 bits per heavy atom. The zero-order valence-corrected chi connectivity index (χ0v) is 18.0. The third-order valence-electron chi connectivity index (χ3n) is 5.29. The SMILES string of the molecule is CCCCNC(=O)C(CC)N(Cc1ccccc1C)C(=O)CCc1ccccc1. The van der Waals surface area contributed by atoms with Gasteiger partial charge in [0.2, 0.25) is 11.8 Å². The summed E-state index contributed by atoms with van der Waals surface area (Å²) in [5.41, 5.74) is 3.35. The smallest absolute Gasteiger partial charge is 0.242 e. The Labute approximate surface area is 175 Å². The number of amides is 2. The van der Waals surface area contributed by atoms with Crippen LogP contribution in [0.15, 0.2) is 54.6 Å². The van der Waals surface area contributed by atoms with E-state index in [4.69, 9.17) is 0 Å². The lowest BCUT2D eigenvalue weighted by Crippen LogP contribution is -2.49. The number of rotatable bonds is 11. The van der Waals surface area contributed by atoms with Gasteiger partial charge in [-0.15, -0.1) is 0 Å². The fraction of sp³-hybridized carbons (Fsp3) is 0.440. The second-order valence-corrected chi connectivity index (χ2v) is 7.50. The number of aryl methyl sites for hydroxylation is 2. The van der Waals surface area contributed by atoms with Crippen LogP contribution in [0.1, 0.15) is 56.2 Å². The van der Waals surface area contributed by atoms with Crippen molar-refractivity contribution in [1.29, 1.82) is 0 Å². The van der Waals surface area contributed by atoms with Crippen LogP contribution < -0.4 is 5.32 Å². The summed E-state index contributed by atoms with van der Waals surface area (Å²) in [5, 5.41) is 3.01. The van der Waals surface area contributed by atoms with Crippen LogP contribution in [0.3, 0.4) is 0 Å². The van der Waals surface area contributed by atoms with Crippen LogP contribution in [0.25, 0.3) is 0 Å². The lowest BCUT2D eigenvalue weighted by Gasteiger charge is -2.31. The molecule has 2 amide bonds. The topological polar surface area (TPSA) is 49.4 Å². The molecule has 1 N–H and O–H groups in total. The fourth-order valence-electron chi connectivity index (χ4n) is 3.44. The van der Waals surface area contributed by atoms with Crippen LogP contribution in [-0.4, -0.2) is 29.3 Å². The van der Waals surface area contributed by atoms with E-state index in [1.165, 1.54) is 0 Å². The molecule has 0 aliphatic carbocycles. The number of nitrogens with one attached hydrogen (secondary N) is 1. The molecule has 29 heavy (non-hydrogen) atoms. The molecule has 1 atom stereocenters. The highest BCUT2D eigenvalue weighted by Gasteiger charge is 2.28. The first-order valence-corrected chi connectivity index (χ1v) is 10.7. The number of unbranched alkanes of at least 4 members (excludes halogenated alkanes) is 1. The predicted molar refractivity (Wildman–Crippen MR) is 118 cm³/mol. The largest absolute Gasteiger partial charge is 0.354 e. The lowest BCUT2D eigenvalue weighted by atomic mass is 10.0. The van der Waals surface area contributed by atoms with Crippen LogP contribution in [0.5, 0.6) is 0 Å². The monoisotopic (exact) mass is 394 g/mol. The van der Waals surface area contributed by atoms with E-state index in [1.54, 1.807) is 4.90 Å². The summed E-state index contributed by atoms with van der Waals surface area (Å²) in [6, 6.07) is 17.6. The molecule has 156 valence electrons. The van der Waals surface area contributed by atoms with Crippen molar-refractivity contribution < 1.29 is 9.59 Å². The maximum atomic E-state index is 13.2. The van der Waals surface area contributed by atoms with Crippen molar-refractivity contribution in [2.75, 3.05) is 6.54 Å². The molecule has 0 saturated carbocycles. The van der Waals surface area contributed by atoms with E-state index in [-0.39, 0.29) is 11.8 Å². The minimum atomic E-state index is -0.449. The van der Waals surface area contributed by atoms with E-state index in [9.17, 15) is 9.59 Å². The van der Waals surface area contributed by atoms with Gasteiger partial charge in [-0.05, 0) is 42.9 Å². The molecule has 0 radical (unpaired) electrons. The van der Waals surface area contributed by atoms with E-state index in [1.807, 2.05) is 68.4 Å². The lowest BCUT2D eigenvalue weighted by molar-refractivity contribution is -0.141. The molecule has 0 aromatic heterocycles. The number of hydrogen-bond donors (Lipinski definition) is 1. The molecule has 2 aromatic carbocycles. The van der Waals surface area contributed by atoms with Gasteiger partial charge in [0.1, 0.15) is 6.04 Å². The Kier molecular flexibility index (Phi) is 9.42. The van der Waals surface area contributed by atoms with Gasteiger partial charge in [-0.1, -0.05) is 74.9 Å². The van der Waals surface area contributed by atoms with Crippen LogP contribution in [0.2, 0.25) is 0 Å². The number of carbonyl (C=O) groups is 2. The van der Waals surface area contributed by atoms with Gasteiger partial charge in [-0.25, -0.2) is 0 Å². The van der Waals surface area contributed by atoms with Gasteiger partial charge in [0.25, 0.3) is 0 Å². The maximum Gasteiger partial charge on any atom is 0.242 e. The first kappa shape index (κ1) is 22.7. The zero-order chi connectivity index (χ0) is 21.1. The van der Waals surface area contributed by atoms with Crippen LogP contribution in [-0.2, 0) is 22.6 Å². The van der Waals surface area contributed by atoms with Crippen molar-refractivity contribution in [3.05, 3.63) is 71.3 Å². The number of carbonyl (C=O) groups excluding carboxylic acids is 2. The van der Waals surface area contributed by atoms with Crippen LogP contribution in [0, 0.1) is 6.92 Å². The van der Waals surface area contributed by atoms with Crippen molar-refractivity contribution in [2.45, 2.75) is 65.5 Å². The molecule has 0 saturated heterocycles. The molecule has 0 heterocycles. The zero-order valence-electron chi connectivity index (χ0n) is 18.0. The van der Waals surface area contributed by atoms with Gasteiger partial charge >= 0.3 is 0 Å². The maximum absolute atomic E-state index is 13.2. The highest BCUT2D eigenvalue weighted by atomic mass is 16.2. The predicted octanol–water partition coefficient (Wildman–Crippen LogP) is 4.65. The fourth-order valence-corrected chi connectivity index (χ4v) is 3.44. The molecule has 4 nitrogen and oxygen atoms in total. The van der Waals surface area contributed by atoms with Gasteiger partial charge < -0.3 is 10.2 Å². The summed E-state index contributed by atoms with van der Waals surface area (Å²) in [6.07, 6.45) is 3.65. The van der Waals surface area contributed by atoms with Gasteiger partial charge in [0, 0.05) is 19.5 Å². The van der Waals surface area contributed by atoms with Gasteiger partial charge in [0.05, 0.1) is 0 Å². The second-order valence-electron chi connectivity index (χ2n) is 7.50. The van der Waals surface area contributed by atoms with E-state index < -0.39 is 6.04 Å². The van der Waals surface area contributed by atoms with E-state index in [0.717, 1.165) is 29.5 Å². The molecular weight excluding hydrogens is 360 g/mol. The molecular formula is C25H34N2O2. The Balaban J connectivity index is 2.17. The Hall–Kier alpha value is -2.62. The summed E-state index contributed by atoms with van der Waals surface area (Å²) in [7, 11) is 0. The number of nitrogens with zero attached hydrogens (tertiary/aromatic N) is 1. The molecule has 0 spiro atoms. The molecule has 0 fully saturated rings. The minimum Gasteiger partial charge on any atom is -0.354 e. The van der Waals surface area contributed by atoms with E-state index in [0.29, 0.717) is 32.4 Å². The van der Waals surface area contributed by atoms with Crippen molar-refractivity contribution in [3.63, 3.8) is 0 Å². The van der Waals surface area contributed by atoms with Gasteiger partial charge in [-0.2, -0.15) is 0 Å². The average Bonchev–Trinajstić information content (AvgIpc) is 2.74. The molecule has 0 aliphatic rings. The summed E-state index contributed by atoms with van der Waals surface area (Å²) in [4.78, 5) is 27.8. The molecule has 2 rings (SSSR count). The van der Waals surface area contributed by atoms with Gasteiger partial charge in [-0.3, -0.25) is 9.59 Å². The summed E-state index contributed by atoms with van der Waals surface area (Å²) < 4.78 is 0. The van der Waals surface area contributed by atoms with Gasteiger partial charge in [0.15, 0.2) is 0 Å². The molecule has 0 bridgehead atoms. The highest BCUT2D eigenvalue weighted by Crippen LogP contribution is 2.17. The van der Waals surface area contributed by atoms with Crippen molar-refractivity contribution >= 4 is 11.8 Å². The summed E-state index contributed by atoms with van der Waals surface area (Å²) >= 11 is 0. The molecule has 2 aromatic rings. The first-order chi connectivity index (χ1) is 14.1. The standard InChI is InChI=1S/C25H34N2O2/c1-4-6-18-26-25(29)23(5-2)27(19-22-15-11-10-12-20(22)3)24(28)17-16-21-13-8-7-9-14-21/h7-15,23H,4-6,16-19H2,1-3H3,(H,26,29). The highest BCUT2D eigenvalue weighted by molar-refractivity contribution is 5.87. The number of hydrogen-bond acceptors (Lipinski definition) is 2. The average molecular weight is 395 g/mol. The van der Waals surface area contributed by atoms with Crippen molar-refractivity contribution in [3.8, 4) is 0 Å². The van der Waals surface area contributed by atoms with Crippen molar-refractivity contribution in [2.24, 2.45) is 0 Å². The quantitative estimate of drug-likeness (QED) is 0.564. The van der Waals surface area contributed by atoms with E-state index in [2.05, 4.69) is 12.2 Å². The summed E-state index contributed by atoms with van der Waals surface area (Å²) in [5.74, 6) is -0.0304. The molecule has 1 unspecified atom stereocenters. The van der Waals surface area contributed by atoms with E-state index >= 15 is 0 Å². The van der Waals surface area contributed by atoms with Crippen LogP contribution in [0.4, 0.5) is 0 Å². The Morgan fingerprint density at radius 2 is 1.69 bits per heavy atom. The Morgan fingerprint density at radius 3 is 2.34 bits per heavy atom. The number of benzene rings is 2. The van der Waals surface area contributed by atoms with Crippen molar-refractivity contribution in [1.82, 2.24) is 10.2 Å². The second kappa shape index (κ2) is 12.1. The van der Waals surface area contributed by atoms with Crippen LogP contribution >= 0.6 is 0 Å². The third kappa shape index (κ3) is 7.04.